The molecule has 86 valence electrons. The lowest BCUT2D eigenvalue weighted by molar-refractivity contribution is 0.0597. The van der Waals surface area contributed by atoms with Crippen LogP contribution in [0.15, 0.2) is 18.2 Å². The molecule has 0 aromatic heterocycles. The molecule has 0 aliphatic heterocycles. The summed E-state index contributed by atoms with van der Waals surface area (Å²) >= 11 is 5.78. The van der Waals surface area contributed by atoms with E-state index in [1.807, 2.05) is 6.92 Å². The summed E-state index contributed by atoms with van der Waals surface area (Å²) in [6, 6.07) is 4.61. The molecule has 0 fully saturated rings. The Labute approximate surface area is 99.4 Å². The molecule has 0 aliphatic rings. The summed E-state index contributed by atoms with van der Waals surface area (Å²) < 4.78 is 4.61. The summed E-state index contributed by atoms with van der Waals surface area (Å²) in [7, 11) is 1.28. The number of ether oxygens (including phenoxy) is 1. The first-order valence-corrected chi connectivity index (χ1v) is 5.39. The summed E-state index contributed by atoms with van der Waals surface area (Å²) in [5, 5.41) is 0.411. The molecule has 0 amide bonds. The fraction of sp³-hybridized carbons (Fsp3) is 0.333. The van der Waals surface area contributed by atoms with Crippen molar-refractivity contribution in [3.8, 4) is 0 Å². The van der Waals surface area contributed by atoms with Crippen LogP contribution in [0.4, 0.5) is 0 Å². The van der Waals surface area contributed by atoms with Gasteiger partial charge in [-0.15, -0.1) is 0 Å². The maximum Gasteiger partial charge on any atom is 0.338 e. The van der Waals surface area contributed by atoms with Crippen LogP contribution < -0.4 is 0 Å². The highest BCUT2D eigenvalue weighted by atomic mass is 35.5. The lowest BCUT2D eigenvalue weighted by Gasteiger charge is -2.06. The highest BCUT2D eigenvalue weighted by molar-refractivity contribution is 6.31. The number of methoxy groups -OCH3 is 1. The average molecular weight is 241 g/mol. The first-order chi connectivity index (χ1) is 7.60. The molecule has 16 heavy (non-hydrogen) atoms. The Balaban J connectivity index is 3.17. The van der Waals surface area contributed by atoms with Gasteiger partial charge in [0.15, 0.2) is 5.78 Å². The maximum absolute atomic E-state index is 11.7. The second-order valence-corrected chi connectivity index (χ2v) is 3.79. The van der Waals surface area contributed by atoms with Gasteiger partial charge in [-0.3, -0.25) is 4.79 Å². The lowest BCUT2D eigenvalue weighted by atomic mass is 10.0. The highest BCUT2D eigenvalue weighted by Crippen LogP contribution is 2.19. The van der Waals surface area contributed by atoms with Crippen LogP contribution in [0.1, 0.15) is 40.5 Å². The molecule has 0 heterocycles. The van der Waals surface area contributed by atoms with Crippen molar-refractivity contribution in [3.05, 3.63) is 34.3 Å². The van der Waals surface area contributed by atoms with Gasteiger partial charge in [0.1, 0.15) is 0 Å². The zero-order chi connectivity index (χ0) is 12.1. The van der Waals surface area contributed by atoms with Gasteiger partial charge >= 0.3 is 5.97 Å². The molecule has 1 rings (SSSR count). The number of rotatable bonds is 4. The van der Waals surface area contributed by atoms with Crippen LogP contribution >= 0.6 is 11.6 Å². The molecule has 1 aromatic rings. The van der Waals surface area contributed by atoms with Gasteiger partial charge < -0.3 is 4.74 Å². The van der Waals surface area contributed by atoms with Crippen molar-refractivity contribution >= 4 is 23.4 Å². The van der Waals surface area contributed by atoms with E-state index < -0.39 is 5.97 Å². The molecule has 0 saturated carbocycles. The fourth-order valence-corrected chi connectivity index (χ4v) is 1.57. The minimum Gasteiger partial charge on any atom is -0.465 e. The summed E-state index contributed by atoms with van der Waals surface area (Å²) in [5.41, 5.74) is 0.603. The SMILES string of the molecule is CCCC(=O)c1ccc(Cl)cc1C(=O)OC. The standard InChI is InChI=1S/C12H13ClO3/c1-3-4-11(14)9-6-5-8(13)7-10(9)12(15)16-2/h5-7H,3-4H2,1-2H3. The molecule has 1 aromatic carbocycles. The highest BCUT2D eigenvalue weighted by Gasteiger charge is 2.17. The van der Waals surface area contributed by atoms with Crippen LogP contribution in [0.3, 0.4) is 0 Å². The maximum atomic E-state index is 11.7. The Morgan fingerprint density at radius 2 is 2.00 bits per heavy atom. The molecular formula is C12H13ClO3. The molecule has 0 unspecified atom stereocenters. The summed E-state index contributed by atoms with van der Waals surface area (Å²) in [6.45, 7) is 1.91. The predicted molar refractivity (Wildman–Crippen MR) is 62.0 cm³/mol. The van der Waals surface area contributed by atoms with Gasteiger partial charge in [0.05, 0.1) is 12.7 Å². The average Bonchev–Trinajstić information content (AvgIpc) is 2.28. The Morgan fingerprint density at radius 1 is 1.31 bits per heavy atom. The van der Waals surface area contributed by atoms with Crippen LogP contribution in [0.5, 0.6) is 0 Å². The number of benzene rings is 1. The third kappa shape index (κ3) is 2.83. The van der Waals surface area contributed by atoms with E-state index in [-0.39, 0.29) is 11.3 Å². The van der Waals surface area contributed by atoms with E-state index in [0.29, 0.717) is 17.0 Å². The number of hydrogen-bond donors (Lipinski definition) is 0. The third-order valence-corrected chi connectivity index (χ3v) is 2.40. The number of carbonyl (C=O) groups is 2. The van der Waals surface area contributed by atoms with Crippen molar-refractivity contribution < 1.29 is 14.3 Å². The minimum atomic E-state index is -0.540. The van der Waals surface area contributed by atoms with Gasteiger partial charge in [0.2, 0.25) is 0 Å². The Kier molecular flexibility index (Phi) is 4.50. The normalized spacial score (nSPS) is 9.94. The second kappa shape index (κ2) is 5.66. The number of halogens is 1. The van der Waals surface area contributed by atoms with Gasteiger partial charge in [0, 0.05) is 17.0 Å². The number of Topliss-reactive ketones (excluding diaryl/α,β-unsaturated/α-hetero) is 1. The Bertz CT molecular complexity index is 413. The monoisotopic (exact) mass is 240 g/mol. The van der Waals surface area contributed by atoms with Crippen molar-refractivity contribution in [2.75, 3.05) is 7.11 Å². The largest absolute Gasteiger partial charge is 0.465 e. The summed E-state index contributed by atoms with van der Waals surface area (Å²) in [5.74, 6) is -0.610. The van der Waals surface area contributed by atoms with Crippen LogP contribution in [0.2, 0.25) is 5.02 Å². The summed E-state index contributed by atoms with van der Waals surface area (Å²) in [4.78, 5) is 23.2. The van der Waals surface area contributed by atoms with Crippen LogP contribution in [-0.4, -0.2) is 18.9 Å². The minimum absolute atomic E-state index is 0.0698. The van der Waals surface area contributed by atoms with Crippen LogP contribution in [-0.2, 0) is 4.74 Å². The van der Waals surface area contributed by atoms with E-state index in [1.165, 1.54) is 13.2 Å². The van der Waals surface area contributed by atoms with E-state index in [2.05, 4.69) is 4.74 Å². The van der Waals surface area contributed by atoms with Gasteiger partial charge in [-0.2, -0.15) is 0 Å². The smallest absolute Gasteiger partial charge is 0.338 e. The molecule has 0 aliphatic carbocycles. The topological polar surface area (TPSA) is 43.4 Å². The van der Waals surface area contributed by atoms with Crippen LogP contribution in [0.25, 0.3) is 0 Å². The van der Waals surface area contributed by atoms with Crippen molar-refractivity contribution in [2.45, 2.75) is 19.8 Å². The Hall–Kier alpha value is -1.35. The zero-order valence-corrected chi connectivity index (χ0v) is 10.0. The quantitative estimate of drug-likeness (QED) is 0.600. The molecule has 0 spiro atoms. The predicted octanol–water partition coefficient (Wildman–Crippen LogP) is 3.11. The molecular weight excluding hydrogens is 228 g/mol. The number of hydrogen-bond acceptors (Lipinski definition) is 3. The molecule has 0 bridgehead atoms. The molecule has 0 N–H and O–H groups in total. The number of ketones is 1. The van der Waals surface area contributed by atoms with Gasteiger partial charge in [0.25, 0.3) is 0 Å². The second-order valence-electron chi connectivity index (χ2n) is 3.35. The van der Waals surface area contributed by atoms with Crippen molar-refractivity contribution in [3.63, 3.8) is 0 Å². The van der Waals surface area contributed by atoms with E-state index in [4.69, 9.17) is 11.6 Å². The first-order valence-electron chi connectivity index (χ1n) is 5.01. The van der Waals surface area contributed by atoms with Crippen LogP contribution in [0, 0.1) is 0 Å². The van der Waals surface area contributed by atoms with Gasteiger partial charge in [-0.05, 0) is 24.6 Å². The van der Waals surface area contributed by atoms with Gasteiger partial charge in [-0.1, -0.05) is 18.5 Å². The van der Waals surface area contributed by atoms with E-state index in [0.717, 1.165) is 6.42 Å². The van der Waals surface area contributed by atoms with Crippen molar-refractivity contribution in [2.24, 2.45) is 0 Å². The van der Waals surface area contributed by atoms with Gasteiger partial charge in [-0.25, -0.2) is 4.79 Å². The van der Waals surface area contributed by atoms with E-state index >= 15 is 0 Å². The summed E-state index contributed by atoms with van der Waals surface area (Å²) in [6.07, 6.45) is 1.15. The molecule has 0 radical (unpaired) electrons. The lowest BCUT2D eigenvalue weighted by Crippen LogP contribution is -2.10. The first kappa shape index (κ1) is 12.7. The number of carbonyl (C=O) groups excluding carboxylic acids is 2. The van der Waals surface area contributed by atoms with E-state index in [1.54, 1.807) is 12.1 Å². The molecule has 0 saturated heterocycles. The molecule has 3 nitrogen and oxygen atoms in total. The number of esters is 1. The molecule has 4 heteroatoms. The van der Waals surface area contributed by atoms with Crippen molar-refractivity contribution in [1.29, 1.82) is 0 Å². The zero-order valence-electron chi connectivity index (χ0n) is 9.25. The Morgan fingerprint density at radius 3 is 2.56 bits per heavy atom. The molecule has 0 atom stereocenters. The third-order valence-electron chi connectivity index (χ3n) is 2.16. The van der Waals surface area contributed by atoms with Crippen molar-refractivity contribution in [1.82, 2.24) is 0 Å². The fourth-order valence-electron chi connectivity index (χ4n) is 1.40. The van der Waals surface area contributed by atoms with E-state index in [9.17, 15) is 9.59 Å².